The molecule has 0 unspecified atom stereocenters. The number of aryl methyl sites for hydroxylation is 1. The van der Waals surface area contributed by atoms with Gasteiger partial charge in [-0.05, 0) is 30.2 Å². The first-order valence-electron chi connectivity index (χ1n) is 8.55. The minimum absolute atomic E-state index is 0.129. The summed E-state index contributed by atoms with van der Waals surface area (Å²) in [6.07, 6.45) is 0.998. The van der Waals surface area contributed by atoms with Crippen LogP contribution in [0.1, 0.15) is 18.2 Å². The average molecular weight is 346 g/mol. The normalized spacial score (nSPS) is 11.0. The van der Waals surface area contributed by atoms with Crippen LogP contribution < -0.4 is 5.32 Å². The van der Waals surface area contributed by atoms with Gasteiger partial charge in [0.25, 0.3) is 0 Å². The second kappa shape index (κ2) is 6.88. The Morgan fingerprint density at radius 2 is 1.85 bits per heavy atom. The number of furan rings is 1. The average Bonchev–Trinajstić information content (AvgIpc) is 3.28. The van der Waals surface area contributed by atoms with Crippen molar-refractivity contribution in [1.29, 1.82) is 0 Å². The summed E-state index contributed by atoms with van der Waals surface area (Å²) >= 11 is 0. The quantitative estimate of drug-likeness (QED) is 0.562. The molecule has 0 aliphatic carbocycles. The van der Waals surface area contributed by atoms with Crippen molar-refractivity contribution in [2.45, 2.75) is 19.8 Å². The summed E-state index contributed by atoms with van der Waals surface area (Å²) < 4.78 is 11.1. The summed E-state index contributed by atoms with van der Waals surface area (Å²) in [4.78, 5) is 12.3. The SMILES string of the molecule is CCc1ccccc1NC(=O)Cc1cc(-c2cc3ccccc3o2)on1. The smallest absolute Gasteiger partial charge is 0.230 e. The summed E-state index contributed by atoms with van der Waals surface area (Å²) in [5, 5.41) is 7.92. The predicted octanol–water partition coefficient (Wildman–Crippen LogP) is 4.83. The fourth-order valence-corrected chi connectivity index (χ4v) is 2.92. The molecular weight excluding hydrogens is 328 g/mol. The lowest BCUT2D eigenvalue weighted by Gasteiger charge is -2.08. The minimum atomic E-state index is -0.129. The highest BCUT2D eigenvalue weighted by Gasteiger charge is 2.14. The van der Waals surface area contributed by atoms with E-state index in [1.54, 1.807) is 6.07 Å². The Kier molecular flexibility index (Phi) is 4.27. The first-order chi connectivity index (χ1) is 12.7. The van der Waals surface area contributed by atoms with E-state index in [0.29, 0.717) is 17.2 Å². The maximum Gasteiger partial charge on any atom is 0.230 e. The minimum Gasteiger partial charge on any atom is -0.453 e. The number of para-hydroxylation sites is 2. The number of carbonyl (C=O) groups excluding carboxylic acids is 1. The van der Waals surface area contributed by atoms with E-state index in [4.69, 9.17) is 8.94 Å². The van der Waals surface area contributed by atoms with Gasteiger partial charge in [0.05, 0.1) is 12.1 Å². The zero-order valence-electron chi connectivity index (χ0n) is 14.4. The fourth-order valence-electron chi connectivity index (χ4n) is 2.92. The van der Waals surface area contributed by atoms with Crippen LogP contribution in [0.15, 0.2) is 69.6 Å². The Hall–Kier alpha value is -3.34. The van der Waals surface area contributed by atoms with Gasteiger partial charge in [0.2, 0.25) is 11.7 Å². The van der Waals surface area contributed by atoms with E-state index < -0.39 is 0 Å². The molecule has 2 aromatic heterocycles. The van der Waals surface area contributed by atoms with Crippen molar-refractivity contribution in [1.82, 2.24) is 5.16 Å². The molecule has 5 nitrogen and oxygen atoms in total. The number of rotatable bonds is 5. The van der Waals surface area contributed by atoms with Crippen LogP contribution in [0.5, 0.6) is 0 Å². The van der Waals surface area contributed by atoms with Crippen LogP contribution in [0.4, 0.5) is 5.69 Å². The number of nitrogens with one attached hydrogen (secondary N) is 1. The molecule has 0 radical (unpaired) electrons. The van der Waals surface area contributed by atoms with Gasteiger partial charge in [0, 0.05) is 17.1 Å². The summed E-state index contributed by atoms with van der Waals surface area (Å²) in [7, 11) is 0. The lowest BCUT2D eigenvalue weighted by Crippen LogP contribution is -2.15. The first-order valence-corrected chi connectivity index (χ1v) is 8.55. The van der Waals surface area contributed by atoms with Crippen molar-refractivity contribution < 1.29 is 13.7 Å². The van der Waals surface area contributed by atoms with Crippen LogP contribution >= 0.6 is 0 Å². The number of aromatic nitrogens is 1. The number of amides is 1. The third-order valence-electron chi connectivity index (χ3n) is 4.24. The topological polar surface area (TPSA) is 68.3 Å². The number of hydrogen-bond acceptors (Lipinski definition) is 4. The monoisotopic (exact) mass is 346 g/mol. The van der Waals surface area contributed by atoms with Crippen molar-refractivity contribution in [3.8, 4) is 11.5 Å². The van der Waals surface area contributed by atoms with Crippen LogP contribution in [0.25, 0.3) is 22.5 Å². The van der Waals surface area contributed by atoms with Gasteiger partial charge in [-0.3, -0.25) is 4.79 Å². The largest absolute Gasteiger partial charge is 0.453 e. The number of hydrogen-bond donors (Lipinski definition) is 1. The molecule has 4 aromatic rings. The summed E-state index contributed by atoms with van der Waals surface area (Å²) in [6, 6.07) is 19.2. The van der Waals surface area contributed by atoms with Gasteiger partial charge in [-0.2, -0.15) is 0 Å². The van der Waals surface area contributed by atoms with Crippen LogP contribution in [-0.2, 0) is 17.6 Å². The van der Waals surface area contributed by atoms with Crippen LogP contribution in [0.3, 0.4) is 0 Å². The molecule has 2 aromatic carbocycles. The van der Waals surface area contributed by atoms with Gasteiger partial charge in [0.15, 0.2) is 5.76 Å². The lowest BCUT2D eigenvalue weighted by molar-refractivity contribution is -0.115. The van der Waals surface area contributed by atoms with Gasteiger partial charge in [-0.15, -0.1) is 0 Å². The van der Waals surface area contributed by atoms with E-state index in [1.165, 1.54) is 0 Å². The molecule has 0 bridgehead atoms. The van der Waals surface area contributed by atoms with E-state index in [9.17, 15) is 4.79 Å². The van der Waals surface area contributed by atoms with Crippen LogP contribution in [0.2, 0.25) is 0 Å². The van der Waals surface area contributed by atoms with E-state index in [0.717, 1.165) is 28.6 Å². The number of benzene rings is 2. The molecule has 4 rings (SSSR count). The van der Waals surface area contributed by atoms with Crippen LogP contribution in [0, 0.1) is 0 Å². The van der Waals surface area contributed by atoms with Crippen molar-refractivity contribution in [2.24, 2.45) is 0 Å². The van der Waals surface area contributed by atoms with Gasteiger partial charge in [-0.25, -0.2) is 0 Å². The van der Waals surface area contributed by atoms with Crippen molar-refractivity contribution in [2.75, 3.05) is 5.32 Å². The van der Waals surface area contributed by atoms with Crippen LogP contribution in [-0.4, -0.2) is 11.1 Å². The molecule has 0 aliphatic rings. The van der Waals surface area contributed by atoms with E-state index in [1.807, 2.05) is 54.6 Å². The maximum absolute atomic E-state index is 12.3. The number of fused-ring (bicyclic) bond motifs is 1. The number of anilines is 1. The van der Waals surface area contributed by atoms with Gasteiger partial charge < -0.3 is 14.3 Å². The molecule has 130 valence electrons. The highest BCUT2D eigenvalue weighted by atomic mass is 16.5. The summed E-state index contributed by atoms with van der Waals surface area (Å²) in [5.74, 6) is 0.981. The van der Waals surface area contributed by atoms with E-state index >= 15 is 0 Å². The Balaban J connectivity index is 1.48. The molecule has 0 saturated heterocycles. The van der Waals surface area contributed by atoms with Gasteiger partial charge in [0.1, 0.15) is 5.58 Å². The number of nitrogens with zero attached hydrogens (tertiary/aromatic N) is 1. The molecule has 0 atom stereocenters. The fraction of sp³-hybridized carbons (Fsp3) is 0.143. The first kappa shape index (κ1) is 16.1. The molecule has 26 heavy (non-hydrogen) atoms. The lowest BCUT2D eigenvalue weighted by atomic mass is 10.1. The van der Waals surface area contributed by atoms with Gasteiger partial charge in [-0.1, -0.05) is 48.5 Å². The zero-order chi connectivity index (χ0) is 17.9. The predicted molar refractivity (Wildman–Crippen MR) is 99.9 cm³/mol. The molecule has 0 fully saturated rings. The second-order valence-electron chi connectivity index (χ2n) is 6.07. The molecule has 2 heterocycles. The Labute approximate surface area is 150 Å². The Bertz CT molecular complexity index is 1030. The molecular formula is C21H18N2O3. The van der Waals surface area contributed by atoms with Crippen molar-refractivity contribution in [3.05, 3.63) is 71.9 Å². The highest BCUT2D eigenvalue weighted by molar-refractivity contribution is 5.93. The third kappa shape index (κ3) is 3.24. The molecule has 1 amide bonds. The van der Waals surface area contributed by atoms with Crippen molar-refractivity contribution in [3.63, 3.8) is 0 Å². The summed E-state index contributed by atoms with van der Waals surface area (Å²) in [6.45, 7) is 2.06. The highest BCUT2D eigenvalue weighted by Crippen LogP contribution is 2.28. The van der Waals surface area contributed by atoms with E-state index in [2.05, 4.69) is 17.4 Å². The number of carbonyl (C=O) groups is 1. The Morgan fingerprint density at radius 1 is 1.04 bits per heavy atom. The standard InChI is InChI=1S/C21H18N2O3/c1-2-14-7-3-5-9-17(14)22-21(24)13-16-12-20(26-23-16)19-11-15-8-4-6-10-18(15)25-19/h3-12H,2,13H2,1H3,(H,22,24). The van der Waals surface area contributed by atoms with E-state index in [-0.39, 0.29) is 12.3 Å². The molecule has 5 heteroatoms. The Morgan fingerprint density at radius 3 is 2.69 bits per heavy atom. The maximum atomic E-state index is 12.3. The molecule has 0 saturated carbocycles. The molecule has 0 aliphatic heterocycles. The second-order valence-corrected chi connectivity index (χ2v) is 6.07. The van der Waals surface area contributed by atoms with Crippen molar-refractivity contribution >= 4 is 22.6 Å². The van der Waals surface area contributed by atoms with Gasteiger partial charge >= 0.3 is 0 Å². The summed E-state index contributed by atoms with van der Waals surface area (Å²) in [5.41, 5.74) is 3.28. The third-order valence-corrected chi connectivity index (χ3v) is 4.24. The zero-order valence-corrected chi connectivity index (χ0v) is 14.4. The molecule has 0 spiro atoms. The molecule has 1 N–H and O–H groups in total.